The van der Waals surface area contributed by atoms with Gasteiger partial charge in [0.25, 0.3) is 0 Å². The van der Waals surface area contributed by atoms with Crippen LogP contribution in [-0.2, 0) is 29.0 Å². The summed E-state index contributed by atoms with van der Waals surface area (Å²) < 4.78 is 0. The molecule has 2 amide bonds. The largest absolute Gasteiger partial charge is 0.504 e. The van der Waals surface area contributed by atoms with Crippen molar-refractivity contribution in [2.75, 3.05) is 6.54 Å². The smallest absolute Gasteiger partial charge is 0.247 e. The van der Waals surface area contributed by atoms with Crippen molar-refractivity contribution >= 4 is 17.9 Å². The van der Waals surface area contributed by atoms with Gasteiger partial charge in [-0.2, -0.15) is 0 Å². The summed E-state index contributed by atoms with van der Waals surface area (Å²) in [6, 6.07) is 17.1. The fourth-order valence-corrected chi connectivity index (χ4v) is 4.15. The molecule has 0 saturated heterocycles. The highest BCUT2D eigenvalue weighted by Gasteiger charge is 2.29. The Hall–Kier alpha value is -5.25. The van der Waals surface area contributed by atoms with Crippen molar-refractivity contribution in [3.63, 3.8) is 0 Å². The normalized spacial score (nSPS) is 11.8. The van der Waals surface area contributed by atoms with Crippen LogP contribution in [0.15, 0.2) is 85.3 Å². The zero-order valence-corrected chi connectivity index (χ0v) is 21.6. The molecular formula is C30H30N4O6. The summed E-state index contributed by atoms with van der Waals surface area (Å²) in [4.78, 5) is 35.6. The molecule has 40 heavy (non-hydrogen) atoms. The first-order valence-electron chi connectivity index (χ1n) is 12.6. The number of hydrogen-bond acceptors (Lipinski definition) is 7. The van der Waals surface area contributed by atoms with Crippen LogP contribution in [0.4, 0.5) is 0 Å². The SMILES string of the molecule is O=C(NCCc1ccc(O)c(O)c1)[C@H](Cc1cnc[nH]1)N(Cc1ccccc1)C(=O)C=Cc1ccc(O)c(O)c1. The van der Waals surface area contributed by atoms with E-state index in [-0.39, 0.29) is 48.4 Å². The number of nitrogens with one attached hydrogen (secondary N) is 2. The van der Waals surface area contributed by atoms with Gasteiger partial charge in [0.2, 0.25) is 11.8 Å². The number of aromatic amines is 1. The van der Waals surface area contributed by atoms with Crippen LogP contribution >= 0.6 is 0 Å². The number of hydrogen-bond donors (Lipinski definition) is 6. The number of phenols is 4. The Labute approximate surface area is 230 Å². The molecule has 0 unspecified atom stereocenters. The average molecular weight is 543 g/mol. The molecule has 0 aliphatic rings. The number of rotatable bonds is 11. The lowest BCUT2D eigenvalue weighted by Crippen LogP contribution is -2.50. The molecule has 1 aromatic heterocycles. The fourth-order valence-electron chi connectivity index (χ4n) is 4.15. The van der Waals surface area contributed by atoms with E-state index in [4.69, 9.17) is 0 Å². The molecule has 0 fully saturated rings. The third kappa shape index (κ3) is 7.41. The highest BCUT2D eigenvalue weighted by molar-refractivity contribution is 5.95. The van der Waals surface area contributed by atoms with Crippen LogP contribution in [0.1, 0.15) is 22.4 Å². The molecule has 0 saturated carbocycles. The second-order valence-electron chi connectivity index (χ2n) is 9.19. The highest BCUT2D eigenvalue weighted by atomic mass is 16.3. The lowest BCUT2D eigenvalue weighted by atomic mass is 10.1. The Kier molecular flexibility index (Phi) is 9.03. The minimum atomic E-state index is -0.903. The van der Waals surface area contributed by atoms with Gasteiger partial charge in [0.1, 0.15) is 6.04 Å². The predicted octanol–water partition coefficient (Wildman–Crippen LogP) is 3.24. The summed E-state index contributed by atoms with van der Waals surface area (Å²) in [5, 5.41) is 41.6. The van der Waals surface area contributed by atoms with Crippen molar-refractivity contribution in [3.8, 4) is 23.0 Å². The van der Waals surface area contributed by atoms with E-state index in [0.717, 1.165) is 11.1 Å². The molecule has 4 aromatic rings. The minimum Gasteiger partial charge on any atom is -0.504 e. The van der Waals surface area contributed by atoms with E-state index >= 15 is 0 Å². The number of imidazole rings is 1. The number of H-pyrrole nitrogens is 1. The molecule has 0 bridgehead atoms. The number of phenolic OH excluding ortho intramolecular Hbond substituents is 4. The van der Waals surface area contributed by atoms with E-state index in [1.54, 1.807) is 18.3 Å². The molecule has 10 nitrogen and oxygen atoms in total. The van der Waals surface area contributed by atoms with Gasteiger partial charge < -0.3 is 35.6 Å². The van der Waals surface area contributed by atoms with Crippen molar-refractivity contribution in [1.82, 2.24) is 20.2 Å². The first-order chi connectivity index (χ1) is 19.3. The Morgan fingerprint density at radius 1 is 0.900 bits per heavy atom. The molecule has 4 rings (SSSR count). The summed E-state index contributed by atoms with van der Waals surface area (Å²) in [5.74, 6) is -1.85. The van der Waals surface area contributed by atoms with Crippen LogP contribution in [0.2, 0.25) is 0 Å². The van der Waals surface area contributed by atoms with Crippen molar-refractivity contribution in [2.24, 2.45) is 0 Å². The molecule has 0 aliphatic carbocycles. The van der Waals surface area contributed by atoms with Crippen molar-refractivity contribution in [2.45, 2.75) is 25.4 Å². The summed E-state index contributed by atoms with van der Waals surface area (Å²) in [6.45, 7) is 0.390. The molecule has 1 heterocycles. The summed E-state index contributed by atoms with van der Waals surface area (Å²) in [5.41, 5.74) is 2.71. The maximum atomic E-state index is 13.6. The number of nitrogens with zero attached hydrogens (tertiary/aromatic N) is 2. The van der Waals surface area contributed by atoms with E-state index in [1.165, 1.54) is 47.6 Å². The zero-order chi connectivity index (χ0) is 28.5. The molecule has 1 atom stereocenters. The molecule has 0 aliphatic heterocycles. The van der Waals surface area contributed by atoms with Gasteiger partial charge in [-0.25, -0.2) is 4.98 Å². The van der Waals surface area contributed by atoms with E-state index in [0.29, 0.717) is 17.7 Å². The van der Waals surface area contributed by atoms with E-state index in [9.17, 15) is 30.0 Å². The number of benzene rings is 3. The van der Waals surface area contributed by atoms with Gasteiger partial charge in [-0.15, -0.1) is 0 Å². The van der Waals surface area contributed by atoms with Crippen LogP contribution in [-0.4, -0.2) is 59.7 Å². The van der Waals surface area contributed by atoms with Gasteiger partial charge in [0.15, 0.2) is 23.0 Å². The predicted molar refractivity (Wildman–Crippen MR) is 148 cm³/mol. The lowest BCUT2D eigenvalue weighted by molar-refractivity contribution is -0.137. The third-order valence-electron chi connectivity index (χ3n) is 6.30. The van der Waals surface area contributed by atoms with Crippen LogP contribution in [0.3, 0.4) is 0 Å². The van der Waals surface area contributed by atoms with Crippen LogP contribution in [0.25, 0.3) is 6.08 Å². The molecule has 3 aromatic carbocycles. The number of aromatic hydroxyl groups is 4. The van der Waals surface area contributed by atoms with Crippen molar-refractivity contribution in [1.29, 1.82) is 0 Å². The van der Waals surface area contributed by atoms with Gasteiger partial charge in [-0.1, -0.05) is 42.5 Å². The van der Waals surface area contributed by atoms with E-state index in [1.807, 2.05) is 30.3 Å². The quantitative estimate of drug-likeness (QED) is 0.125. The second kappa shape index (κ2) is 13.0. The highest BCUT2D eigenvalue weighted by Crippen LogP contribution is 2.26. The topological polar surface area (TPSA) is 159 Å². The molecule has 6 N–H and O–H groups in total. The van der Waals surface area contributed by atoms with Crippen LogP contribution in [0.5, 0.6) is 23.0 Å². The molecule has 206 valence electrons. The van der Waals surface area contributed by atoms with Gasteiger partial charge in [0.05, 0.1) is 6.33 Å². The number of carbonyl (C=O) groups is 2. The standard InChI is InChI=1S/C30H30N4O6/c35-25-9-6-20(14-27(25)37)8-11-29(39)34(18-22-4-2-1-3-5-22)24(16-23-17-31-19-33-23)30(40)32-13-12-21-7-10-26(36)28(38)15-21/h1-11,14-15,17,19,24,35-38H,12-13,16,18H2,(H,31,33)(H,32,40)/t24-/m0/s1. The minimum absolute atomic E-state index is 0.156. The summed E-state index contributed by atoms with van der Waals surface area (Å²) >= 11 is 0. The molecular weight excluding hydrogens is 512 g/mol. The monoisotopic (exact) mass is 542 g/mol. The Morgan fingerprint density at radius 3 is 2.30 bits per heavy atom. The summed E-state index contributed by atoms with van der Waals surface area (Å²) in [6.07, 6.45) is 6.50. The maximum Gasteiger partial charge on any atom is 0.247 e. The van der Waals surface area contributed by atoms with Gasteiger partial charge in [-0.3, -0.25) is 9.59 Å². The molecule has 10 heteroatoms. The van der Waals surface area contributed by atoms with Gasteiger partial charge >= 0.3 is 0 Å². The first kappa shape index (κ1) is 27.8. The number of aromatic nitrogens is 2. The lowest BCUT2D eigenvalue weighted by Gasteiger charge is -2.30. The average Bonchev–Trinajstić information content (AvgIpc) is 3.47. The molecule has 0 spiro atoms. The third-order valence-corrected chi connectivity index (χ3v) is 6.30. The second-order valence-corrected chi connectivity index (χ2v) is 9.19. The van der Waals surface area contributed by atoms with E-state index < -0.39 is 11.9 Å². The van der Waals surface area contributed by atoms with Crippen molar-refractivity contribution < 1.29 is 30.0 Å². The Balaban J connectivity index is 1.58. The van der Waals surface area contributed by atoms with Crippen LogP contribution in [0, 0.1) is 0 Å². The zero-order valence-electron chi connectivity index (χ0n) is 21.6. The Morgan fingerprint density at radius 2 is 1.62 bits per heavy atom. The molecule has 0 radical (unpaired) electrons. The van der Waals surface area contributed by atoms with Gasteiger partial charge in [0, 0.05) is 37.5 Å². The number of carbonyl (C=O) groups excluding carboxylic acids is 2. The first-order valence-corrected chi connectivity index (χ1v) is 12.6. The summed E-state index contributed by atoms with van der Waals surface area (Å²) in [7, 11) is 0. The maximum absolute atomic E-state index is 13.6. The number of amides is 2. The Bertz CT molecular complexity index is 1470. The van der Waals surface area contributed by atoms with E-state index in [2.05, 4.69) is 15.3 Å². The van der Waals surface area contributed by atoms with Crippen LogP contribution < -0.4 is 5.32 Å². The van der Waals surface area contributed by atoms with Crippen molar-refractivity contribution in [3.05, 3.63) is 108 Å². The fraction of sp³-hybridized carbons (Fsp3) is 0.167. The van der Waals surface area contributed by atoms with Gasteiger partial charge in [-0.05, 0) is 53.5 Å².